The highest BCUT2D eigenvalue weighted by Gasteiger charge is 2.13. The van der Waals surface area contributed by atoms with Gasteiger partial charge >= 0.3 is 0 Å². The monoisotopic (exact) mass is 420 g/mol. The van der Waals surface area contributed by atoms with Gasteiger partial charge in [-0.1, -0.05) is 23.9 Å². The number of morpholine rings is 1. The Morgan fingerprint density at radius 1 is 1.00 bits per heavy atom. The van der Waals surface area contributed by atoms with Crippen molar-refractivity contribution in [3.63, 3.8) is 0 Å². The second-order valence-electron chi connectivity index (χ2n) is 7.80. The molecule has 1 aromatic heterocycles. The number of ether oxygens (including phenoxy) is 1. The van der Waals surface area contributed by atoms with Crippen molar-refractivity contribution in [3.8, 4) is 0 Å². The fraction of sp³-hybridized carbons (Fsp3) is 0.333. The van der Waals surface area contributed by atoms with Gasteiger partial charge in [-0.25, -0.2) is 9.97 Å². The molecule has 0 unspecified atom stereocenters. The number of hydrogen-bond acceptors (Lipinski definition) is 6. The fourth-order valence-corrected chi connectivity index (χ4v) is 4.72. The molecule has 0 radical (unpaired) electrons. The molecule has 5 nitrogen and oxygen atoms in total. The maximum absolute atomic E-state index is 5.98. The summed E-state index contributed by atoms with van der Waals surface area (Å²) >= 11 is 1.70. The first-order valence-corrected chi connectivity index (χ1v) is 11.1. The summed E-state index contributed by atoms with van der Waals surface area (Å²) in [6.45, 7) is 9.75. The number of nitrogens with two attached hydrogens (primary N) is 1. The van der Waals surface area contributed by atoms with Crippen LogP contribution in [0.3, 0.4) is 0 Å². The highest BCUT2D eigenvalue weighted by atomic mass is 32.2. The van der Waals surface area contributed by atoms with Crippen LogP contribution in [0.1, 0.15) is 28.1 Å². The molecule has 1 aliphatic rings. The molecular formula is C24H28N4OS. The van der Waals surface area contributed by atoms with Gasteiger partial charge in [0.2, 0.25) is 0 Å². The quantitative estimate of drug-likeness (QED) is 0.482. The summed E-state index contributed by atoms with van der Waals surface area (Å²) in [4.78, 5) is 13.0. The van der Waals surface area contributed by atoms with Crippen LogP contribution in [-0.2, 0) is 11.2 Å². The third-order valence-electron chi connectivity index (χ3n) is 5.33. The van der Waals surface area contributed by atoms with E-state index in [1.165, 1.54) is 27.3 Å². The molecular weight excluding hydrogens is 392 g/mol. The van der Waals surface area contributed by atoms with Gasteiger partial charge in [0, 0.05) is 42.0 Å². The van der Waals surface area contributed by atoms with E-state index >= 15 is 0 Å². The molecule has 156 valence electrons. The smallest absolute Gasteiger partial charge is 0.133 e. The molecule has 4 rings (SSSR count). The first-order valence-electron chi connectivity index (χ1n) is 10.3. The lowest BCUT2D eigenvalue weighted by molar-refractivity contribution is 0.122. The van der Waals surface area contributed by atoms with Gasteiger partial charge in [0.05, 0.1) is 13.2 Å². The number of nitrogen functional groups attached to an aromatic ring is 1. The first-order chi connectivity index (χ1) is 14.5. The summed E-state index contributed by atoms with van der Waals surface area (Å²) in [6.07, 6.45) is 2.64. The Hall–Kier alpha value is -2.57. The zero-order valence-electron chi connectivity index (χ0n) is 17.8. The molecule has 0 atom stereocenters. The molecule has 2 heterocycles. The first kappa shape index (κ1) is 20.7. The summed E-state index contributed by atoms with van der Waals surface area (Å²) in [5.41, 5.74) is 12.7. The maximum Gasteiger partial charge on any atom is 0.133 e. The topological polar surface area (TPSA) is 64.3 Å². The minimum Gasteiger partial charge on any atom is -0.399 e. The fourth-order valence-electron chi connectivity index (χ4n) is 3.72. The van der Waals surface area contributed by atoms with E-state index in [1.54, 1.807) is 11.8 Å². The van der Waals surface area contributed by atoms with Crippen LogP contribution in [0.5, 0.6) is 0 Å². The Morgan fingerprint density at radius 3 is 2.33 bits per heavy atom. The highest BCUT2D eigenvalue weighted by molar-refractivity contribution is 7.99. The van der Waals surface area contributed by atoms with E-state index in [4.69, 9.17) is 15.5 Å². The van der Waals surface area contributed by atoms with Crippen LogP contribution in [0.4, 0.5) is 11.4 Å². The van der Waals surface area contributed by atoms with Gasteiger partial charge in [-0.3, -0.25) is 0 Å². The number of rotatable bonds is 5. The summed E-state index contributed by atoms with van der Waals surface area (Å²) in [6, 6.07) is 12.8. The lowest BCUT2D eigenvalue weighted by Gasteiger charge is -2.28. The second-order valence-corrected chi connectivity index (χ2v) is 8.80. The van der Waals surface area contributed by atoms with Gasteiger partial charge in [0.25, 0.3) is 0 Å². The summed E-state index contributed by atoms with van der Waals surface area (Å²) in [5.74, 6) is 0.841. The molecule has 0 bridgehead atoms. The second kappa shape index (κ2) is 9.06. The van der Waals surface area contributed by atoms with Crippen molar-refractivity contribution in [2.75, 3.05) is 36.9 Å². The van der Waals surface area contributed by atoms with Crippen LogP contribution >= 0.6 is 11.8 Å². The van der Waals surface area contributed by atoms with Gasteiger partial charge < -0.3 is 15.4 Å². The molecule has 1 saturated heterocycles. The van der Waals surface area contributed by atoms with Crippen molar-refractivity contribution in [2.45, 2.75) is 37.1 Å². The number of hydrogen-bond donors (Lipinski definition) is 1. The van der Waals surface area contributed by atoms with Crippen molar-refractivity contribution in [1.29, 1.82) is 0 Å². The van der Waals surface area contributed by atoms with E-state index in [0.717, 1.165) is 54.8 Å². The molecule has 1 fully saturated rings. The third kappa shape index (κ3) is 4.77. The minimum atomic E-state index is 0.719. The van der Waals surface area contributed by atoms with Crippen LogP contribution in [0.2, 0.25) is 0 Å². The molecule has 6 heteroatoms. The van der Waals surface area contributed by atoms with E-state index in [1.807, 2.05) is 18.3 Å². The Morgan fingerprint density at radius 2 is 1.67 bits per heavy atom. The summed E-state index contributed by atoms with van der Waals surface area (Å²) in [5, 5.41) is 1.00. The molecule has 1 aliphatic heterocycles. The summed E-state index contributed by atoms with van der Waals surface area (Å²) in [7, 11) is 0. The Balaban J connectivity index is 1.51. The molecule has 0 amide bonds. The van der Waals surface area contributed by atoms with Gasteiger partial charge in [0.15, 0.2) is 0 Å². The van der Waals surface area contributed by atoms with Gasteiger partial charge in [-0.05, 0) is 67.3 Å². The minimum absolute atomic E-state index is 0.719. The molecule has 0 aliphatic carbocycles. The van der Waals surface area contributed by atoms with Crippen molar-refractivity contribution in [2.24, 2.45) is 0 Å². The van der Waals surface area contributed by atoms with Gasteiger partial charge in [-0.15, -0.1) is 0 Å². The molecule has 0 saturated carbocycles. The van der Waals surface area contributed by atoms with Crippen LogP contribution in [0.25, 0.3) is 0 Å². The van der Waals surface area contributed by atoms with Gasteiger partial charge in [-0.2, -0.15) is 0 Å². The average molecular weight is 421 g/mol. The van der Waals surface area contributed by atoms with Crippen LogP contribution in [0, 0.1) is 20.8 Å². The molecule has 0 spiro atoms. The zero-order chi connectivity index (χ0) is 21.1. The van der Waals surface area contributed by atoms with E-state index in [9.17, 15) is 0 Å². The number of anilines is 2. The Bertz CT molecular complexity index is 1010. The SMILES string of the molecule is Cc1cnc(Cc2ccc(N3CCOCC3)cc2)nc1Sc1c(C)cc(N)cc1C. The predicted octanol–water partition coefficient (Wildman–Crippen LogP) is 4.56. The number of benzene rings is 2. The average Bonchev–Trinajstić information content (AvgIpc) is 2.74. The maximum atomic E-state index is 5.98. The van der Waals surface area contributed by atoms with E-state index in [2.05, 4.69) is 54.9 Å². The molecule has 2 N–H and O–H groups in total. The van der Waals surface area contributed by atoms with Crippen LogP contribution < -0.4 is 10.6 Å². The Kier molecular flexibility index (Phi) is 6.25. The van der Waals surface area contributed by atoms with Crippen molar-refractivity contribution in [1.82, 2.24) is 9.97 Å². The van der Waals surface area contributed by atoms with E-state index in [-0.39, 0.29) is 0 Å². The van der Waals surface area contributed by atoms with Crippen LogP contribution in [0.15, 0.2) is 52.5 Å². The number of aryl methyl sites for hydroxylation is 3. The number of nitrogens with zero attached hydrogens (tertiary/aromatic N) is 3. The zero-order valence-corrected chi connectivity index (χ0v) is 18.6. The van der Waals surface area contributed by atoms with E-state index < -0.39 is 0 Å². The molecule has 30 heavy (non-hydrogen) atoms. The molecule has 2 aromatic carbocycles. The van der Waals surface area contributed by atoms with Gasteiger partial charge in [0.1, 0.15) is 10.9 Å². The largest absolute Gasteiger partial charge is 0.399 e. The van der Waals surface area contributed by atoms with Crippen molar-refractivity contribution < 1.29 is 4.74 Å². The lowest BCUT2D eigenvalue weighted by atomic mass is 10.1. The van der Waals surface area contributed by atoms with E-state index in [0.29, 0.717) is 0 Å². The van der Waals surface area contributed by atoms with Crippen LogP contribution in [-0.4, -0.2) is 36.3 Å². The predicted molar refractivity (Wildman–Crippen MR) is 124 cm³/mol. The third-order valence-corrected chi connectivity index (χ3v) is 6.79. The lowest BCUT2D eigenvalue weighted by Crippen LogP contribution is -2.36. The van der Waals surface area contributed by atoms with Crippen molar-refractivity contribution in [3.05, 3.63) is 70.7 Å². The highest BCUT2D eigenvalue weighted by Crippen LogP contribution is 2.34. The standard InChI is InChI=1S/C24H28N4OS/c1-16-12-20(25)13-17(2)23(16)30-24-18(3)15-26-22(27-24)14-19-4-6-21(7-5-19)28-8-10-29-11-9-28/h4-7,12-13,15H,8-11,14,25H2,1-3H3. The van der Waals surface area contributed by atoms with Crippen molar-refractivity contribution >= 4 is 23.1 Å². The molecule has 3 aromatic rings. The Labute approximate surface area is 182 Å². The summed E-state index contributed by atoms with van der Waals surface area (Å²) < 4.78 is 5.44. The number of aromatic nitrogens is 2. The normalized spacial score (nSPS) is 14.2.